The second kappa shape index (κ2) is 4.45. The van der Waals surface area contributed by atoms with Crippen LogP contribution >= 0.6 is 23.2 Å². The molecular formula is C8H4Cl2F4O. The number of hydrogen-bond acceptors (Lipinski definition) is 1. The summed E-state index contributed by atoms with van der Waals surface area (Å²) in [5.41, 5.74) is 0. The van der Waals surface area contributed by atoms with Crippen molar-refractivity contribution >= 4 is 23.2 Å². The minimum atomic E-state index is -4.62. The Morgan fingerprint density at radius 2 is 1.60 bits per heavy atom. The number of halogens is 6. The van der Waals surface area contributed by atoms with E-state index < -0.39 is 18.3 Å². The molecule has 1 rings (SSSR count). The summed E-state index contributed by atoms with van der Waals surface area (Å²) in [6.45, 7) is 0. The third kappa shape index (κ3) is 2.89. The van der Waals surface area contributed by atoms with Crippen LogP contribution in [-0.2, 0) is 0 Å². The van der Waals surface area contributed by atoms with Crippen molar-refractivity contribution in [1.82, 2.24) is 0 Å². The van der Waals surface area contributed by atoms with Crippen molar-refractivity contribution in [3.63, 3.8) is 0 Å². The van der Waals surface area contributed by atoms with Gasteiger partial charge in [0.2, 0.25) is 0 Å². The fourth-order valence-electron chi connectivity index (χ4n) is 0.761. The molecule has 0 aromatic heterocycles. The standard InChI is InChI=1S/C8H4Cl2F4O/c9-4-2-1-3-5(10)6(4)15-8(13,14)7(11)12/h1-3,7H. The first-order valence-electron chi connectivity index (χ1n) is 3.63. The van der Waals surface area contributed by atoms with E-state index in [1.807, 2.05) is 0 Å². The molecule has 0 N–H and O–H groups in total. The van der Waals surface area contributed by atoms with Crippen LogP contribution in [0.3, 0.4) is 0 Å². The average Bonchev–Trinajstić information content (AvgIpc) is 2.11. The van der Waals surface area contributed by atoms with Crippen molar-refractivity contribution in [2.45, 2.75) is 12.5 Å². The third-order valence-corrected chi connectivity index (χ3v) is 2.01. The molecule has 1 nitrogen and oxygen atoms in total. The lowest BCUT2D eigenvalue weighted by Crippen LogP contribution is -2.33. The molecule has 0 aliphatic rings. The number of rotatable bonds is 3. The lowest BCUT2D eigenvalue weighted by Gasteiger charge is -2.18. The molecule has 0 spiro atoms. The summed E-state index contributed by atoms with van der Waals surface area (Å²) in [5, 5.41) is -0.523. The molecule has 0 atom stereocenters. The van der Waals surface area contributed by atoms with Crippen LogP contribution in [0.2, 0.25) is 10.0 Å². The molecule has 15 heavy (non-hydrogen) atoms. The number of para-hydroxylation sites is 1. The number of benzene rings is 1. The van der Waals surface area contributed by atoms with Gasteiger partial charge in [-0.2, -0.15) is 17.6 Å². The van der Waals surface area contributed by atoms with Gasteiger partial charge in [-0.1, -0.05) is 29.3 Å². The predicted molar refractivity (Wildman–Crippen MR) is 48.0 cm³/mol. The maximum atomic E-state index is 12.5. The van der Waals surface area contributed by atoms with Gasteiger partial charge in [-0.3, -0.25) is 0 Å². The quantitative estimate of drug-likeness (QED) is 0.741. The largest absolute Gasteiger partial charge is 0.461 e. The Balaban J connectivity index is 2.99. The fraction of sp³-hybridized carbons (Fsp3) is 0.250. The van der Waals surface area contributed by atoms with Gasteiger partial charge < -0.3 is 4.74 Å². The van der Waals surface area contributed by atoms with Gasteiger partial charge in [0.25, 0.3) is 0 Å². The average molecular weight is 263 g/mol. The van der Waals surface area contributed by atoms with E-state index in [2.05, 4.69) is 4.74 Å². The zero-order chi connectivity index (χ0) is 11.6. The maximum absolute atomic E-state index is 12.5. The second-order valence-electron chi connectivity index (χ2n) is 2.52. The predicted octanol–water partition coefficient (Wildman–Crippen LogP) is 4.23. The van der Waals surface area contributed by atoms with Gasteiger partial charge in [0.15, 0.2) is 5.75 Å². The van der Waals surface area contributed by atoms with Crippen LogP contribution in [0.25, 0.3) is 0 Å². The summed E-state index contributed by atoms with van der Waals surface area (Å²) >= 11 is 10.9. The lowest BCUT2D eigenvalue weighted by atomic mass is 10.3. The Labute approximate surface area is 92.5 Å². The van der Waals surface area contributed by atoms with Crippen LogP contribution in [-0.4, -0.2) is 12.5 Å². The third-order valence-electron chi connectivity index (χ3n) is 1.41. The smallest absolute Gasteiger partial charge is 0.425 e. The van der Waals surface area contributed by atoms with Crippen molar-refractivity contribution in [1.29, 1.82) is 0 Å². The molecule has 0 radical (unpaired) electrons. The van der Waals surface area contributed by atoms with Crippen LogP contribution in [0.15, 0.2) is 18.2 Å². The molecule has 0 heterocycles. The highest BCUT2D eigenvalue weighted by Gasteiger charge is 2.44. The van der Waals surface area contributed by atoms with Crippen LogP contribution in [0.4, 0.5) is 17.6 Å². The summed E-state index contributed by atoms with van der Waals surface area (Å²) in [5.74, 6) is -0.661. The van der Waals surface area contributed by atoms with Gasteiger partial charge in [0.1, 0.15) is 0 Å². The number of ether oxygens (including phenoxy) is 1. The Bertz CT molecular complexity index is 336. The van der Waals surface area contributed by atoms with E-state index in [0.717, 1.165) is 0 Å². The zero-order valence-electron chi connectivity index (χ0n) is 6.99. The Kier molecular flexibility index (Phi) is 3.67. The lowest BCUT2D eigenvalue weighted by molar-refractivity contribution is -0.253. The van der Waals surface area contributed by atoms with Crippen LogP contribution in [0.1, 0.15) is 0 Å². The van der Waals surface area contributed by atoms with E-state index in [1.54, 1.807) is 0 Å². The van der Waals surface area contributed by atoms with Gasteiger partial charge in [-0.05, 0) is 12.1 Å². The van der Waals surface area contributed by atoms with E-state index in [-0.39, 0.29) is 10.0 Å². The van der Waals surface area contributed by atoms with Crippen LogP contribution < -0.4 is 4.74 Å². The molecule has 1 aromatic carbocycles. The van der Waals surface area contributed by atoms with Crippen LogP contribution in [0.5, 0.6) is 5.75 Å². The number of alkyl halides is 4. The van der Waals surface area contributed by atoms with E-state index in [1.165, 1.54) is 18.2 Å². The Hall–Kier alpha value is -0.680. The molecule has 0 saturated carbocycles. The molecule has 0 aliphatic heterocycles. The molecule has 0 fully saturated rings. The molecule has 0 unspecified atom stereocenters. The van der Waals surface area contributed by atoms with Crippen molar-refractivity contribution in [3.8, 4) is 5.75 Å². The first-order chi connectivity index (χ1) is 6.84. The molecule has 0 bridgehead atoms. The van der Waals surface area contributed by atoms with E-state index in [4.69, 9.17) is 23.2 Å². The number of hydrogen-bond donors (Lipinski definition) is 0. The summed E-state index contributed by atoms with van der Waals surface area (Å²) in [4.78, 5) is 0. The fourth-order valence-corrected chi connectivity index (χ4v) is 1.24. The summed E-state index contributed by atoms with van der Waals surface area (Å²) in [6.07, 6.45) is -8.57. The van der Waals surface area contributed by atoms with Gasteiger partial charge in [0.05, 0.1) is 10.0 Å². The van der Waals surface area contributed by atoms with Crippen molar-refractivity contribution in [2.24, 2.45) is 0 Å². The highest BCUT2D eigenvalue weighted by molar-refractivity contribution is 6.37. The second-order valence-corrected chi connectivity index (χ2v) is 3.33. The van der Waals surface area contributed by atoms with Crippen molar-refractivity contribution in [2.75, 3.05) is 0 Å². The zero-order valence-corrected chi connectivity index (χ0v) is 8.50. The Morgan fingerprint density at radius 1 is 1.13 bits per heavy atom. The molecule has 7 heteroatoms. The minimum absolute atomic E-state index is 0.261. The van der Waals surface area contributed by atoms with Gasteiger partial charge in [-0.15, -0.1) is 0 Å². The Morgan fingerprint density at radius 3 is 2.00 bits per heavy atom. The SMILES string of the molecule is FC(F)C(F)(F)Oc1c(Cl)cccc1Cl. The molecule has 0 amide bonds. The topological polar surface area (TPSA) is 9.23 Å². The van der Waals surface area contributed by atoms with Crippen molar-refractivity contribution < 1.29 is 22.3 Å². The van der Waals surface area contributed by atoms with E-state index >= 15 is 0 Å². The van der Waals surface area contributed by atoms with Gasteiger partial charge in [0, 0.05) is 0 Å². The monoisotopic (exact) mass is 262 g/mol. The van der Waals surface area contributed by atoms with Crippen LogP contribution in [0, 0.1) is 0 Å². The van der Waals surface area contributed by atoms with E-state index in [9.17, 15) is 17.6 Å². The minimum Gasteiger partial charge on any atom is -0.425 e. The maximum Gasteiger partial charge on any atom is 0.461 e. The van der Waals surface area contributed by atoms with Crippen molar-refractivity contribution in [3.05, 3.63) is 28.2 Å². The summed E-state index contributed by atoms with van der Waals surface area (Å²) in [7, 11) is 0. The first kappa shape index (κ1) is 12.4. The van der Waals surface area contributed by atoms with Gasteiger partial charge in [-0.25, -0.2) is 0 Å². The first-order valence-corrected chi connectivity index (χ1v) is 4.39. The molecule has 1 aromatic rings. The molecule has 0 aliphatic carbocycles. The van der Waals surface area contributed by atoms with Gasteiger partial charge >= 0.3 is 12.5 Å². The highest BCUT2D eigenvalue weighted by Crippen LogP contribution is 2.37. The van der Waals surface area contributed by atoms with E-state index in [0.29, 0.717) is 0 Å². The molecular weight excluding hydrogens is 259 g/mol. The molecule has 0 saturated heterocycles. The summed E-state index contributed by atoms with van der Waals surface area (Å²) in [6, 6.07) is 3.77. The normalized spacial score (nSPS) is 11.9. The summed E-state index contributed by atoms with van der Waals surface area (Å²) < 4.78 is 52.4. The highest BCUT2D eigenvalue weighted by atomic mass is 35.5. The molecule has 84 valence electrons.